The number of aromatic nitrogens is 2. The first-order valence-corrected chi connectivity index (χ1v) is 10.7. The van der Waals surface area contributed by atoms with E-state index < -0.39 is 5.54 Å². The lowest BCUT2D eigenvalue weighted by molar-refractivity contribution is -0.126. The first-order chi connectivity index (χ1) is 15.8. The summed E-state index contributed by atoms with van der Waals surface area (Å²) in [6.45, 7) is 6.14. The first-order valence-electron chi connectivity index (χ1n) is 10.7. The maximum absolute atomic E-state index is 13.7. The highest BCUT2D eigenvalue weighted by atomic mass is 16.5. The maximum atomic E-state index is 13.7. The average molecular weight is 449 g/mol. The summed E-state index contributed by atoms with van der Waals surface area (Å²) < 4.78 is 12.5. The molecule has 1 aliphatic heterocycles. The van der Waals surface area contributed by atoms with Crippen molar-refractivity contribution < 1.29 is 19.1 Å². The zero-order valence-corrected chi connectivity index (χ0v) is 19.5. The molecule has 8 nitrogen and oxygen atoms in total. The van der Waals surface area contributed by atoms with Gasteiger partial charge in [-0.05, 0) is 44.5 Å². The van der Waals surface area contributed by atoms with Gasteiger partial charge in [0.05, 0.1) is 32.1 Å². The number of benzene rings is 2. The van der Waals surface area contributed by atoms with Crippen LogP contribution in [0.15, 0.2) is 48.5 Å². The predicted octanol–water partition coefficient (Wildman–Crippen LogP) is 3.25. The van der Waals surface area contributed by atoms with Crippen molar-refractivity contribution in [2.45, 2.75) is 39.4 Å². The minimum absolute atomic E-state index is 0.205. The average Bonchev–Trinajstić information content (AvgIpc) is 3.18. The molecule has 0 saturated heterocycles. The third-order valence-corrected chi connectivity index (χ3v) is 5.97. The van der Waals surface area contributed by atoms with Gasteiger partial charge in [0.2, 0.25) is 5.91 Å². The number of ether oxygens (including phenoxy) is 2. The molecule has 33 heavy (non-hydrogen) atoms. The fourth-order valence-corrected chi connectivity index (χ4v) is 4.14. The van der Waals surface area contributed by atoms with E-state index in [-0.39, 0.29) is 18.4 Å². The molecule has 172 valence electrons. The lowest BCUT2D eigenvalue weighted by atomic mass is 9.93. The zero-order valence-electron chi connectivity index (χ0n) is 19.5. The van der Waals surface area contributed by atoms with Crippen LogP contribution in [-0.4, -0.2) is 41.4 Å². The third kappa shape index (κ3) is 4.04. The van der Waals surface area contributed by atoms with E-state index >= 15 is 0 Å². The van der Waals surface area contributed by atoms with Gasteiger partial charge in [0, 0.05) is 12.6 Å². The van der Waals surface area contributed by atoms with Gasteiger partial charge in [0.25, 0.3) is 5.91 Å². The van der Waals surface area contributed by atoms with E-state index in [0.29, 0.717) is 35.1 Å². The van der Waals surface area contributed by atoms with Gasteiger partial charge in [-0.15, -0.1) is 0 Å². The largest absolute Gasteiger partial charge is 0.497 e. The zero-order chi connectivity index (χ0) is 23.8. The maximum Gasteiger partial charge on any atom is 0.277 e. The number of amides is 2. The number of methoxy groups -OCH3 is 2. The number of hydrogen-bond donors (Lipinski definition) is 1. The molecule has 8 heteroatoms. The second kappa shape index (κ2) is 8.61. The normalized spacial score (nSPS) is 17.5. The van der Waals surface area contributed by atoms with Crippen LogP contribution in [0.3, 0.4) is 0 Å². The molecule has 1 aliphatic rings. The Balaban J connectivity index is 1.75. The fourth-order valence-electron chi connectivity index (χ4n) is 4.14. The lowest BCUT2D eigenvalue weighted by Crippen LogP contribution is -2.64. The minimum Gasteiger partial charge on any atom is -0.497 e. The summed E-state index contributed by atoms with van der Waals surface area (Å²) in [5.41, 5.74) is 2.51. The minimum atomic E-state index is -1.24. The summed E-state index contributed by atoms with van der Waals surface area (Å²) >= 11 is 0. The monoisotopic (exact) mass is 448 g/mol. The molecule has 2 aromatic carbocycles. The number of nitrogens with zero attached hydrogens (tertiary/aromatic N) is 3. The van der Waals surface area contributed by atoms with Gasteiger partial charge < -0.3 is 14.8 Å². The molecule has 0 fully saturated rings. The number of carbonyl (C=O) groups excluding carboxylic acids is 2. The highest BCUT2D eigenvalue weighted by molar-refractivity contribution is 6.12. The number of rotatable bonds is 6. The Labute approximate surface area is 193 Å². The van der Waals surface area contributed by atoms with Crippen LogP contribution >= 0.6 is 0 Å². The van der Waals surface area contributed by atoms with Crippen molar-refractivity contribution in [3.8, 4) is 11.5 Å². The lowest BCUT2D eigenvalue weighted by Gasteiger charge is -2.43. The summed E-state index contributed by atoms with van der Waals surface area (Å²) in [7, 11) is 3.08. The number of carbonyl (C=O) groups is 2. The van der Waals surface area contributed by atoms with Crippen LogP contribution < -0.4 is 19.7 Å². The molecule has 3 aromatic rings. The molecule has 2 heterocycles. The van der Waals surface area contributed by atoms with Crippen LogP contribution in [0.1, 0.15) is 34.2 Å². The van der Waals surface area contributed by atoms with Gasteiger partial charge in [-0.1, -0.05) is 29.8 Å². The quantitative estimate of drug-likeness (QED) is 0.626. The van der Waals surface area contributed by atoms with Crippen molar-refractivity contribution in [1.29, 1.82) is 0 Å². The second-order valence-electron chi connectivity index (χ2n) is 8.45. The molecule has 1 atom stereocenters. The molecular formula is C25H28N4O4. The first kappa shape index (κ1) is 22.4. The summed E-state index contributed by atoms with van der Waals surface area (Å²) in [4.78, 5) is 28.8. The second-order valence-corrected chi connectivity index (χ2v) is 8.45. The highest BCUT2D eigenvalue weighted by Crippen LogP contribution is 2.39. The fraction of sp³-hybridized carbons (Fsp3) is 0.320. The van der Waals surface area contributed by atoms with Crippen molar-refractivity contribution in [1.82, 2.24) is 15.1 Å². The summed E-state index contributed by atoms with van der Waals surface area (Å²) in [5.74, 6) is 0.419. The molecule has 0 aliphatic carbocycles. The summed E-state index contributed by atoms with van der Waals surface area (Å²) in [6.07, 6.45) is 0. The SMILES string of the molecule is COc1ccc(N2C(=O)c3cc(C)nn3C[C@]2(C)C(=O)NCc2ccc(C)cc2)c(OC)c1. The Kier molecular flexibility index (Phi) is 5.84. The summed E-state index contributed by atoms with van der Waals surface area (Å²) in [6, 6.07) is 14.9. The number of anilines is 1. The van der Waals surface area contributed by atoms with Crippen LogP contribution in [-0.2, 0) is 17.9 Å². The Morgan fingerprint density at radius 1 is 1.09 bits per heavy atom. The molecule has 0 saturated carbocycles. The Bertz CT molecular complexity index is 1200. The molecule has 0 radical (unpaired) electrons. The predicted molar refractivity (Wildman–Crippen MR) is 125 cm³/mol. The van der Waals surface area contributed by atoms with Crippen molar-refractivity contribution in [3.63, 3.8) is 0 Å². The van der Waals surface area contributed by atoms with Crippen LogP contribution in [0.25, 0.3) is 0 Å². The van der Waals surface area contributed by atoms with E-state index in [0.717, 1.165) is 11.1 Å². The van der Waals surface area contributed by atoms with E-state index in [2.05, 4.69) is 10.4 Å². The Morgan fingerprint density at radius 2 is 1.82 bits per heavy atom. The van der Waals surface area contributed by atoms with Crippen LogP contribution in [0.5, 0.6) is 11.5 Å². The van der Waals surface area contributed by atoms with Crippen LogP contribution in [0, 0.1) is 13.8 Å². The van der Waals surface area contributed by atoms with E-state index in [1.807, 2.05) is 38.1 Å². The van der Waals surface area contributed by atoms with Crippen LogP contribution in [0.4, 0.5) is 5.69 Å². The summed E-state index contributed by atoms with van der Waals surface area (Å²) in [5, 5.41) is 7.45. The molecule has 1 aromatic heterocycles. The van der Waals surface area contributed by atoms with E-state index in [1.54, 1.807) is 43.0 Å². The topological polar surface area (TPSA) is 85.7 Å². The van der Waals surface area contributed by atoms with E-state index in [4.69, 9.17) is 9.47 Å². The van der Waals surface area contributed by atoms with Gasteiger partial charge in [0.1, 0.15) is 22.7 Å². The van der Waals surface area contributed by atoms with Crippen LogP contribution in [0.2, 0.25) is 0 Å². The van der Waals surface area contributed by atoms with Crippen molar-refractivity contribution in [2.75, 3.05) is 19.1 Å². The van der Waals surface area contributed by atoms with Gasteiger partial charge in [0.15, 0.2) is 0 Å². The molecule has 0 spiro atoms. The van der Waals surface area contributed by atoms with Gasteiger partial charge >= 0.3 is 0 Å². The van der Waals surface area contributed by atoms with E-state index in [1.165, 1.54) is 12.0 Å². The molecule has 0 bridgehead atoms. The van der Waals surface area contributed by atoms with Gasteiger partial charge in [-0.25, -0.2) is 0 Å². The molecule has 1 N–H and O–H groups in total. The molecular weight excluding hydrogens is 420 g/mol. The van der Waals surface area contributed by atoms with E-state index in [9.17, 15) is 9.59 Å². The smallest absolute Gasteiger partial charge is 0.277 e. The van der Waals surface area contributed by atoms with Gasteiger partial charge in [-0.2, -0.15) is 5.10 Å². The van der Waals surface area contributed by atoms with Crippen molar-refractivity contribution in [2.24, 2.45) is 0 Å². The molecule has 2 amide bonds. The molecule has 0 unspecified atom stereocenters. The van der Waals surface area contributed by atoms with Gasteiger partial charge in [-0.3, -0.25) is 19.2 Å². The number of hydrogen-bond acceptors (Lipinski definition) is 5. The number of aryl methyl sites for hydroxylation is 2. The number of nitrogens with one attached hydrogen (secondary N) is 1. The molecule has 4 rings (SSSR count). The van der Waals surface area contributed by atoms with Crippen molar-refractivity contribution >= 4 is 17.5 Å². The standard InChI is InChI=1S/C25H28N4O4/c1-16-6-8-18(9-7-16)14-26-24(31)25(3)15-28-21(12-17(2)27-28)23(30)29(25)20-11-10-19(32-4)13-22(20)33-5/h6-13H,14-15H2,1-5H3,(H,26,31)/t25-/m1/s1. The highest BCUT2D eigenvalue weighted by Gasteiger charge is 2.49. The Morgan fingerprint density at radius 3 is 2.48 bits per heavy atom. The third-order valence-electron chi connectivity index (χ3n) is 5.97. The van der Waals surface area contributed by atoms with Crippen molar-refractivity contribution in [3.05, 3.63) is 71.0 Å². The number of fused-ring (bicyclic) bond motifs is 1. The Hall–Kier alpha value is -3.81.